The molecule has 4 nitrogen and oxygen atoms in total. The van der Waals surface area contributed by atoms with Gasteiger partial charge in [0.15, 0.2) is 0 Å². The number of para-hydroxylation sites is 6. The quantitative estimate of drug-likeness (QED) is 0.136. The minimum Gasteiger partial charge on any atom is -0.309 e. The molecule has 430 valence electrons. The van der Waals surface area contributed by atoms with Crippen LogP contribution in [0, 0.1) is 0 Å². The standard InChI is InChI=1S/C86H66N4/c1-85(2,3)71-47-27-45-67-77-73(87(59-37-21-11-22-38-59)79-61(55-29-13-7-14-30-55)41-25-42-62(79)56-31-15-8-16-32-56)51-49-65-69-54-76-70(53-75(69)89(81(67)71)83(65)77)66-50-52-74(78-68-46-28-48-72(86(4,5)6)82(68)90(76)84(66)78)88(60-39-23-12-24-40-60)80-63(57-33-17-9-18-34-57)43-26-44-64(80)58-35-19-10-20-36-58/h7-54H,1-6H3. The van der Waals surface area contributed by atoms with Crippen LogP contribution in [0.1, 0.15) is 52.7 Å². The summed E-state index contributed by atoms with van der Waals surface area (Å²) in [6, 6.07) is 108. The second kappa shape index (κ2) is 20.3. The van der Waals surface area contributed by atoms with Crippen LogP contribution in [0.2, 0.25) is 0 Å². The fourth-order valence-electron chi connectivity index (χ4n) is 15.1. The summed E-state index contributed by atoms with van der Waals surface area (Å²) < 4.78 is 5.31. The lowest BCUT2D eigenvalue weighted by Gasteiger charge is -2.31. The molecule has 13 aromatic carbocycles. The minimum atomic E-state index is -0.181. The number of anilines is 6. The average molecular weight is 1160 g/mol. The van der Waals surface area contributed by atoms with E-state index in [0.717, 1.165) is 78.6 Å². The molecule has 0 aliphatic heterocycles. The minimum absolute atomic E-state index is 0.181. The predicted molar refractivity (Wildman–Crippen MR) is 384 cm³/mol. The van der Waals surface area contributed by atoms with E-state index < -0.39 is 0 Å². The lowest BCUT2D eigenvalue weighted by atomic mass is 9.85. The van der Waals surface area contributed by atoms with Crippen molar-refractivity contribution in [2.45, 2.75) is 52.4 Å². The van der Waals surface area contributed by atoms with E-state index in [2.05, 4.69) is 351 Å². The molecule has 4 aromatic heterocycles. The molecule has 0 N–H and O–H groups in total. The van der Waals surface area contributed by atoms with Gasteiger partial charge in [-0.15, -0.1) is 0 Å². The van der Waals surface area contributed by atoms with Gasteiger partial charge in [0.2, 0.25) is 0 Å². The second-order valence-corrected chi connectivity index (χ2v) is 26.4. The molecule has 17 aromatic rings. The number of aromatic nitrogens is 2. The lowest BCUT2D eigenvalue weighted by Crippen LogP contribution is -2.13. The summed E-state index contributed by atoms with van der Waals surface area (Å²) in [7, 11) is 0. The topological polar surface area (TPSA) is 15.3 Å². The molecular weight excluding hydrogens is 1090 g/mol. The maximum absolute atomic E-state index is 2.66. The number of hydrogen-bond donors (Lipinski definition) is 0. The first-order valence-electron chi connectivity index (χ1n) is 31.6. The van der Waals surface area contributed by atoms with Gasteiger partial charge >= 0.3 is 0 Å². The summed E-state index contributed by atoms with van der Waals surface area (Å²) in [6.45, 7) is 14.2. The molecule has 0 unspecified atom stereocenters. The molecular formula is C86H66N4. The second-order valence-electron chi connectivity index (χ2n) is 26.4. The molecule has 0 radical (unpaired) electrons. The van der Waals surface area contributed by atoms with Crippen molar-refractivity contribution in [1.29, 1.82) is 0 Å². The van der Waals surface area contributed by atoms with Gasteiger partial charge in [-0.2, -0.15) is 0 Å². The monoisotopic (exact) mass is 1150 g/mol. The zero-order chi connectivity index (χ0) is 60.6. The van der Waals surface area contributed by atoms with Crippen molar-refractivity contribution in [3.05, 3.63) is 302 Å². The van der Waals surface area contributed by atoms with Crippen molar-refractivity contribution in [1.82, 2.24) is 8.80 Å². The Morgan fingerprint density at radius 3 is 0.867 bits per heavy atom. The molecule has 0 atom stereocenters. The molecule has 0 saturated carbocycles. The van der Waals surface area contributed by atoms with Crippen molar-refractivity contribution in [3.63, 3.8) is 0 Å². The van der Waals surface area contributed by atoms with Crippen LogP contribution in [0.4, 0.5) is 34.1 Å². The fourth-order valence-corrected chi connectivity index (χ4v) is 15.1. The number of nitrogens with zero attached hydrogens (tertiary/aromatic N) is 4. The number of rotatable bonds is 10. The van der Waals surface area contributed by atoms with Crippen LogP contribution >= 0.6 is 0 Å². The smallest absolute Gasteiger partial charge is 0.0641 e. The van der Waals surface area contributed by atoms with Gasteiger partial charge in [-0.05, 0) is 92.7 Å². The Kier molecular flexibility index (Phi) is 12.0. The highest BCUT2D eigenvalue weighted by Crippen LogP contribution is 2.56. The van der Waals surface area contributed by atoms with Gasteiger partial charge in [-0.1, -0.05) is 284 Å². The molecule has 0 aliphatic carbocycles. The van der Waals surface area contributed by atoms with E-state index in [-0.39, 0.29) is 10.8 Å². The van der Waals surface area contributed by atoms with Crippen LogP contribution in [0.25, 0.3) is 121 Å². The van der Waals surface area contributed by atoms with Gasteiger partial charge < -0.3 is 18.6 Å². The van der Waals surface area contributed by atoms with Crippen molar-refractivity contribution < 1.29 is 0 Å². The van der Waals surface area contributed by atoms with Crippen molar-refractivity contribution in [2.75, 3.05) is 9.80 Å². The van der Waals surface area contributed by atoms with Crippen LogP contribution in [0.5, 0.6) is 0 Å². The molecule has 0 fully saturated rings. The maximum atomic E-state index is 2.66. The number of benzene rings is 13. The molecule has 90 heavy (non-hydrogen) atoms. The van der Waals surface area contributed by atoms with Gasteiger partial charge in [0.05, 0.1) is 55.8 Å². The molecule has 17 rings (SSSR count). The SMILES string of the molecule is CC(C)(C)c1cccc2c3c(N(c4ccccc4)c4c(-c5ccccc5)cccc4-c4ccccc4)ccc4c5cc6c(cc5n(c12)c43)c1ccc(N(c2ccccc2)c2c(-c3ccccc3)cccc2-c2ccccc2)c2c3cccc(C(C)(C)C)c3n6c12. The maximum Gasteiger partial charge on any atom is 0.0641 e. The third-order valence-electron chi connectivity index (χ3n) is 19.0. The van der Waals surface area contributed by atoms with Crippen molar-refractivity contribution in [2.24, 2.45) is 0 Å². The van der Waals surface area contributed by atoms with E-state index in [4.69, 9.17) is 0 Å². The Balaban J connectivity index is 1.00. The first-order chi connectivity index (χ1) is 44.0. The average Bonchev–Trinajstić information content (AvgIpc) is 1.53. The third kappa shape index (κ3) is 8.07. The van der Waals surface area contributed by atoms with E-state index in [9.17, 15) is 0 Å². The summed E-state index contributed by atoms with van der Waals surface area (Å²) in [6.07, 6.45) is 0. The highest BCUT2D eigenvalue weighted by atomic mass is 15.2. The zero-order valence-corrected chi connectivity index (χ0v) is 51.5. The van der Waals surface area contributed by atoms with E-state index >= 15 is 0 Å². The number of fused-ring (bicyclic) bond motifs is 12. The summed E-state index contributed by atoms with van der Waals surface area (Å²) in [4.78, 5) is 5.12. The van der Waals surface area contributed by atoms with E-state index in [1.54, 1.807) is 0 Å². The molecule has 0 bridgehead atoms. The predicted octanol–water partition coefficient (Wildman–Crippen LogP) is 24.2. The van der Waals surface area contributed by atoms with Gasteiger partial charge in [0.25, 0.3) is 0 Å². The van der Waals surface area contributed by atoms with Gasteiger partial charge in [0.1, 0.15) is 0 Å². The van der Waals surface area contributed by atoms with Gasteiger partial charge in [0, 0.05) is 76.7 Å². The Morgan fingerprint density at radius 1 is 0.256 bits per heavy atom. The van der Waals surface area contributed by atoms with E-state index in [1.165, 1.54) is 87.3 Å². The Hall–Kier alpha value is -10.9. The molecule has 4 heteroatoms. The third-order valence-corrected chi connectivity index (χ3v) is 19.0. The van der Waals surface area contributed by atoms with E-state index in [1.807, 2.05) is 0 Å². The zero-order valence-electron chi connectivity index (χ0n) is 51.5. The summed E-state index contributed by atoms with van der Waals surface area (Å²) in [5.41, 5.74) is 25.7. The first-order valence-corrected chi connectivity index (χ1v) is 31.6. The normalized spacial score (nSPS) is 12.3. The van der Waals surface area contributed by atoms with Crippen LogP contribution in [-0.4, -0.2) is 8.80 Å². The van der Waals surface area contributed by atoms with Crippen LogP contribution in [-0.2, 0) is 10.8 Å². The largest absolute Gasteiger partial charge is 0.309 e. The summed E-state index contributed by atoms with van der Waals surface area (Å²) in [5, 5.41) is 9.88. The number of hydrogen-bond acceptors (Lipinski definition) is 2. The highest BCUT2D eigenvalue weighted by Gasteiger charge is 2.34. The Bertz CT molecular complexity index is 5110. The Morgan fingerprint density at radius 2 is 0.556 bits per heavy atom. The summed E-state index contributed by atoms with van der Waals surface area (Å²) >= 11 is 0. The molecule has 0 aliphatic rings. The molecule has 0 saturated heterocycles. The van der Waals surface area contributed by atoms with Crippen LogP contribution in [0.3, 0.4) is 0 Å². The summed E-state index contributed by atoms with van der Waals surface area (Å²) in [5.74, 6) is 0. The Labute approximate surface area is 525 Å². The highest BCUT2D eigenvalue weighted by molar-refractivity contribution is 6.33. The van der Waals surface area contributed by atoms with Crippen LogP contribution < -0.4 is 9.80 Å². The molecule has 0 spiro atoms. The molecule has 4 heterocycles. The van der Waals surface area contributed by atoms with Crippen molar-refractivity contribution in [3.8, 4) is 44.5 Å². The van der Waals surface area contributed by atoms with Gasteiger partial charge in [-0.25, -0.2) is 0 Å². The first kappa shape index (κ1) is 53.3. The molecule has 0 amide bonds. The fraction of sp³-hybridized carbons (Fsp3) is 0.0930. The van der Waals surface area contributed by atoms with E-state index in [0.29, 0.717) is 0 Å². The van der Waals surface area contributed by atoms with Gasteiger partial charge in [-0.3, -0.25) is 0 Å². The lowest BCUT2D eigenvalue weighted by molar-refractivity contribution is 0.594. The van der Waals surface area contributed by atoms with Crippen molar-refractivity contribution >= 4 is 110 Å². The van der Waals surface area contributed by atoms with Crippen LogP contribution in [0.15, 0.2) is 291 Å².